The van der Waals surface area contributed by atoms with Crippen LogP contribution < -0.4 is 16.4 Å². The molecule has 0 saturated carbocycles. The van der Waals surface area contributed by atoms with Gasteiger partial charge in [0.1, 0.15) is 0 Å². The Hall–Kier alpha value is -1.26. The second kappa shape index (κ2) is 5.16. The summed E-state index contributed by atoms with van der Waals surface area (Å²) in [5, 5.41) is 0.566. The number of hydrogen-bond donors (Lipinski definition) is 2. The van der Waals surface area contributed by atoms with Crippen molar-refractivity contribution in [2.75, 3.05) is 18.0 Å². The number of rotatable bonds is 3. The van der Waals surface area contributed by atoms with Gasteiger partial charge in [-0.15, -0.1) is 0 Å². The molecular formula is C13H18ClN3O. The highest BCUT2D eigenvalue weighted by Gasteiger charge is 2.26. The van der Waals surface area contributed by atoms with Crippen molar-refractivity contribution in [1.82, 2.24) is 0 Å². The molecule has 2 atom stereocenters. The van der Waals surface area contributed by atoms with E-state index in [0.717, 1.165) is 25.2 Å². The van der Waals surface area contributed by atoms with Gasteiger partial charge >= 0.3 is 0 Å². The van der Waals surface area contributed by atoms with Crippen molar-refractivity contribution in [3.05, 3.63) is 28.8 Å². The number of carbonyl (C=O) groups excluding carboxylic acids is 1. The lowest BCUT2D eigenvalue weighted by molar-refractivity contribution is 0.100. The number of halogens is 1. The lowest BCUT2D eigenvalue weighted by Gasteiger charge is -2.21. The molecule has 1 aliphatic heterocycles. The third-order valence-corrected chi connectivity index (χ3v) is 3.84. The molecule has 5 heteroatoms. The van der Waals surface area contributed by atoms with E-state index >= 15 is 0 Å². The van der Waals surface area contributed by atoms with Gasteiger partial charge in [0.2, 0.25) is 5.91 Å². The van der Waals surface area contributed by atoms with E-state index in [9.17, 15) is 4.79 Å². The maximum atomic E-state index is 11.1. The Bertz CT molecular complexity index is 462. The van der Waals surface area contributed by atoms with Gasteiger partial charge in [0.05, 0.1) is 10.7 Å². The SMILES string of the molecule is CC(N)C1CCN(c2ccc(C(N)=O)cc2Cl)C1. The van der Waals surface area contributed by atoms with Crippen molar-refractivity contribution >= 4 is 23.2 Å². The number of hydrogen-bond acceptors (Lipinski definition) is 3. The van der Waals surface area contributed by atoms with Crippen LogP contribution in [-0.2, 0) is 0 Å². The van der Waals surface area contributed by atoms with Crippen LogP contribution in [0.4, 0.5) is 5.69 Å². The minimum absolute atomic E-state index is 0.193. The van der Waals surface area contributed by atoms with Gasteiger partial charge in [-0.1, -0.05) is 11.6 Å². The van der Waals surface area contributed by atoms with E-state index in [0.29, 0.717) is 16.5 Å². The van der Waals surface area contributed by atoms with E-state index < -0.39 is 5.91 Å². The summed E-state index contributed by atoms with van der Waals surface area (Å²) >= 11 is 6.20. The third kappa shape index (κ3) is 2.60. The van der Waals surface area contributed by atoms with E-state index in [1.165, 1.54) is 0 Å². The summed E-state index contributed by atoms with van der Waals surface area (Å²) in [5.74, 6) is 0.0372. The van der Waals surface area contributed by atoms with E-state index in [2.05, 4.69) is 4.90 Å². The summed E-state index contributed by atoms with van der Waals surface area (Å²) in [7, 11) is 0. The molecule has 0 radical (unpaired) electrons. The van der Waals surface area contributed by atoms with Crippen LogP contribution in [-0.4, -0.2) is 25.0 Å². The summed E-state index contributed by atoms with van der Waals surface area (Å²) in [6.07, 6.45) is 1.07. The Morgan fingerprint density at radius 3 is 2.78 bits per heavy atom. The summed E-state index contributed by atoms with van der Waals surface area (Å²) in [4.78, 5) is 13.3. The summed E-state index contributed by atoms with van der Waals surface area (Å²) in [5.41, 5.74) is 12.5. The van der Waals surface area contributed by atoms with Crippen LogP contribution in [0, 0.1) is 5.92 Å². The molecule has 98 valence electrons. The zero-order valence-electron chi connectivity index (χ0n) is 10.4. The van der Waals surface area contributed by atoms with Gasteiger partial charge < -0.3 is 16.4 Å². The molecule has 0 spiro atoms. The van der Waals surface area contributed by atoms with Crippen molar-refractivity contribution in [3.8, 4) is 0 Å². The fourth-order valence-electron chi connectivity index (χ4n) is 2.35. The lowest BCUT2D eigenvalue weighted by Crippen LogP contribution is -2.29. The first-order valence-electron chi connectivity index (χ1n) is 6.09. The molecule has 4 nitrogen and oxygen atoms in total. The molecule has 2 unspecified atom stereocenters. The van der Waals surface area contributed by atoms with E-state index in [1.807, 2.05) is 13.0 Å². The number of carbonyl (C=O) groups is 1. The molecule has 1 aromatic carbocycles. The molecule has 1 fully saturated rings. The molecular weight excluding hydrogens is 250 g/mol. The van der Waals surface area contributed by atoms with E-state index in [1.54, 1.807) is 12.1 Å². The van der Waals surface area contributed by atoms with Crippen LogP contribution in [0.15, 0.2) is 18.2 Å². The predicted molar refractivity (Wildman–Crippen MR) is 73.9 cm³/mol. The fourth-order valence-corrected chi connectivity index (χ4v) is 2.65. The number of amides is 1. The number of nitrogens with zero attached hydrogens (tertiary/aromatic N) is 1. The topological polar surface area (TPSA) is 72.3 Å². The van der Waals surface area contributed by atoms with Gasteiger partial charge in [-0.05, 0) is 37.5 Å². The average molecular weight is 268 g/mol. The van der Waals surface area contributed by atoms with Gasteiger partial charge in [-0.3, -0.25) is 4.79 Å². The highest BCUT2D eigenvalue weighted by atomic mass is 35.5. The first-order chi connectivity index (χ1) is 8.49. The fraction of sp³-hybridized carbons (Fsp3) is 0.462. The van der Waals surface area contributed by atoms with Gasteiger partial charge in [0, 0.05) is 24.7 Å². The molecule has 0 aromatic heterocycles. The second-order valence-electron chi connectivity index (χ2n) is 4.88. The zero-order chi connectivity index (χ0) is 13.3. The quantitative estimate of drug-likeness (QED) is 0.874. The van der Waals surface area contributed by atoms with Crippen LogP contribution in [0.1, 0.15) is 23.7 Å². The Morgan fingerprint density at radius 2 is 2.28 bits per heavy atom. The Labute approximate surface area is 112 Å². The minimum Gasteiger partial charge on any atom is -0.370 e. The zero-order valence-corrected chi connectivity index (χ0v) is 11.2. The number of primary amides is 1. The van der Waals surface area contributed by atoms with Crippen LogP contribution in [0.2, 0.25) is 5.02 Å². The standard InChI is InChI=1S/C13H18ClN3O/c1-8(15)10-4-5-17(7-10)12-3-2-9(13(16)18)6-11(12)14/h2-3,6,8,10H,4-5,7,15H2,1H3,(H2,16,18). The Balaban J connectivity index is 2.18. The monoisotopic (exact) mass is 267 g/mol. The Morgan fingerprint density at radius 1 is 1.56 bits per heavy atom. The first-order valence-corrected chi connectivity index (χ1v) is 6.46. The van der Waals surface area contributed by atoms with Gasteiger partial charge in [0.15, 0.2) is 0 Å². The molecule has 4 N–H and O–H groups in total. The second-order valence-corrected chi connectivity index (χ2v) is 5.29. The third-order valence-electron chi connectivity index (χ3n) is 3.54. The average Bonchev–Trinajstić information content (AvgIpc) is 2.78. The van der Waals surface area contributed by atoms with E-state index in [-0.39, 0.29) is 6.04 Å². The van der Waals surface area contributed by atoms with Crippen molar-refractivity contribution < 1.29 is 4.79 Å². The van der Waals surface area contributed by atoms with Gasteiger partial charge in [-0.25, -0.2) is 0 Å². The molecule has 1 aromatic rings. The predicted octanol–water partition coefficient (Wildman–Crippen LogP) is 1.61. The maximum absolute atomic E-state index is 11.1. The van der Waals surface area contributed by atoms with Gasteiger partial charge in [0.25, 0.3) is 0 Å². The van der Waals surface area contributed by atoms with Crippen molar-refractivity contribution in [2.24, 2.45) is 17.4 Å². The lowest BCUT2D eigenvalue weighted by atomic mass is 10.0. The number of anilines is 1. The van der Waals surface area contributed by atoms with Gasteiger partial charge in [-0.2, -0.15) is 0 Å². The summed E-state index contributed by atoms with van der Waals surface area (Å²) in [6.45, 7) is 3.89. The number of benzene rings is 1. The highest BCUT2D eigenvalue weighted by molar-refractivity contribution is 6.33. The largest absolute Gasteiger partial charge is 0.370 e. The smallest absolute Gasteiger partial charge is 0.248 e. The molecule has 1 amide bonds. The van der Waals surface area contributed by atoms with E-state index in [4.69, 9.17) is 23.1 Å². The van der Waals surface area contributed by atoms with Crippen LogP contribution in [0.3, 0.4) is 0 Å². The van der Waals surface area contributed by atoms with Crippen molar-refractivity contribution in [3.63, 3.8) is 0 Å². The first kappa shape index (κ1) is 13.2. The van der Waals surface area contributed by atoms with Crippen molar-refractivity contribution in [2.45, 2.75) is 19.4 Å². The molecule has 1 aliphatic rings. The molecule has 18 heavy (non-hydrogen) atoms. The van der Waals surface area contributed by atoms with Crippen LogP contribution >= 0.6 is 11.6 Å². The van der Waals surface area contributed by atoms with Crippen molar-refractivity contribution in [1.29, 1.82) is 0 Å². The maximum Gasteiger partial charge on any atom is 0.248 e. The number of nitrogens with two attached hydrogens (primary N) is 2. The van der Waals surface area contributed by atoms with Crippen LogP contribution in [0.25, 0.3) is 0 Å². The normalized spacial score (nSPS) is 21.1. The molecule has 1 saturated heterocycles. The summed E-state index contributed by atoms with van der Waals surface area (Å²) < 4.78 is 0. The highest BCUT2D eigenvalue weighted by Crippen LogP contribution is 2.31. The minimum atomic E-state index is -0.460. The molecule has 1 heterocycles. The Kier molecular flexibility index (Phi) is 3.78. The van der Waals surface area contributed by atoms with Crippen LogP contribution in [0.5, 0.6) is 0 Å². The molecule has 2 rings (SSSR count). The molecule has 0 aliphatic carbocycles. The molecule has 0 bridgehead atoms. The summed E-state index contributed by atoms with van der Waals surface area (Å²) in [6, 6.07) is 5.38.